The summed E-state index contributed by atoms with van der Waals surface area (Å²) in [7, 11) is 0. The van der Waals surface area contributed by atoms with Gasteiger partial charge in [0.05, 0.1) is 11.3 Å². The highest BCUT2D eigenvalue weighted by Crippen LogP contribution is 2.23. The molecular formula is C16H17N3. The smallest absolute Gasteiger partial charge is 0.144 e. The molecule has 0 bridgehead atoms. The lowest BCUT2D eigenvalue weighted by atomic mass is 10.0. The van der Waals surface area contributed by atoms with Crippen molar-refractivity contribution in [3.8, 4) is 17.3 Å². The zero-order chi connectivity index (χ0) is 13.8. The fourth-order valence-corrected chi connectivity index (χ4v) is 1.91. The van der Waals surface area contributed by atoms with Crippen molar-refractivity contribution in [2.45, 2.75) is 20.8 Å². The van der Waals surface area contributed by atoms with E-state index in [2.05, 4.69) is 48.4 Å². The van der Waals surface area contributed by atoms with Crippen molar-refractivity contribution in [2.75, 3.05) is 11.9 Å². The number of benzene rings is 1. The summed E-state index contributed by atoms with van der Waals surface area (Å²) in [4.78, 5) is 4.54. The highest BCUT2D eigenvalue weighted by atomic mass is 15.0. The summed E-state index contributed by atoms with van der Waals surface area (Å²) in [5.41, 5.74) is 5.05. The number of aryl methyl sites for hydroxylation is 2. The molecule has 2 rings (SSSR count). The Hall–Kier alpha value is -2.34. The van der Waals surface area contributed by atoms with Crippen molar-refractivity contribution in [3.63, 3.8) is 0 Å². The van der Waals surface area contributed by atoms with E-state index in [1.807, 2.05) is 19.1 Å². The summed E-state index contributed by atoms with van der Waals surface area (Å²) in [6.07, 6.45) is 0. The molecule has 0 saturated carbocycles. The maximum absolute atomic E-state index is 9.06. The van der Waals surface area contributed by atoms with Gasteiger partial charge in [-0.2, -0.15) is 5.26 Å². The second-order valence-electron chi connectivity index (χ2n) is 4.53. The molecule has 1 aromatic carbocycles. The van der Waals surface area contributed by atoms with Crippen molar-refractivity contribution >= 4 is 5.82 Å². The number of aromatic nitrogens is 1. The Kier molecular flexibility index (Phi) is 3.82. The average Bonchev–Trinajstić information content (AvgIpc) is 2.42. The molecule has 0 aliphatic heterocycles. The zero-order valence-corrected chi connectivity index (χ0v) is 11.5. The molecule has 2 aromatic rings. The number of pyridine rings is 1. The van der Waals surface area contributed by atoms with Gasteiger partial charge in [0.25, 0.3) is 0 Å². The number of hydrogen-bond acceptors (Lipinski definition) is 3. The van der Waals surface area contributed by atoms with Crippen LogP contribution in [0.1, 0.15) is 23.6 Å². The Balaban J connectivity index is 2.48. The first-order valence-corrected chi connectivity index (χ1v) is 6.38. The third-order valence-electron chi connectivity index (χ3n) is 3.16. The molecule has 1 N–H and O–H groups in total. The topological polar surface area (TPSA) is 48.7 Å². The van der Waals surface area contributed by atoms with Crippen LogP contribution < -0.4 is 5.32 Å². The van der Waals surface area contributed by atoms with Crippen LogP contribution in [-0.4, -0.2) is 11.5 Å². The van der Waals surface area contributed by atoms with Crippen molar-refractivity contribution in [1.82, 2.24) is 4.98 Å². The van der Waals surface area contributed by atoms with E-state index in [4.69, 9.17) is 5.26 Å². The SMILES string of the molecule is CCNc1nc(-c2ccc(C)c(C)c2)ccc1C#N. The molecule has 1 heterocycles. The van der Waals surface area contributed by atoms with E-state index in [9.17, 15) is 0 Å². The highest BCUT2D eigenvalue weighted by molar-refractivity contribution is 5.65. The summed E-state index contributed by atoms with van der Waals surface area (Å²) < 4.78 is 0. The van der Waals surface area contributed by atoms with Gasteiger partial charge in [-0.3, -0.25) is 0 Å². The molecule has 0 aliphatic rings. The fraction of sp³-hybridized carbons (Fsp3) is 0.250. The first-order chi connectivity index (χ1) is 9.15. The molecule has 1 aromatic heterocycles. The molecule has 3 heteroatoms. The number of nitrogens with zero attached hydrogens (tertiary/aromatic N) is 2. The highest BCUT2D eigenvalue weighted by Gasteiger charge is 2.07. The third kappa shape index (κ3) is 2.74. The van der Waals surface area contributed by atoms with E-state index < -0.39 is 0 Å². The third-order valence-corrected chi connectivity index (χ3v) is 3.16. The molecule has 19 heavy (non-hydrogen) atoms. The Labute approximate surface area is 113 Å². The second kappa shape index (κ2) is 5.53. The average molecular weight is 251 g/mol. The van der Waals surface area contributed by atoms with Crippen molar-refractivity contribution in [2.24, 2.45) is 0 Å². The number of nitriles is 1. The molecule has 3 nitrogen and oxygen atoms in total. The van der Waals surface area contributed by atoms with Crippen LogP contribution in [0.25, 0.3) is 11.3 Å². The molecule has 0 unspecified atom stereocenters. The summed E-state index contributed by atoms with van der Waals surface area (Å²) in [5.74, 6) is 0.653. The standard InChI is InChI=1S/C16H17N3/c1-4-18-16-14(10-17)7-8-15(19-16)13-6-5-11(2)12(3)9-13/h5-9H,4H2,1-3H3,(H,18,19). The van der Waals surface area contributed by atoms with E-state index in [1.54, 1.807) is 0 Å². The molecular weight excluding hydrogens is 234 g/mol. The van der Waals surface area contributed by atoms with Crippen LogP contribution in [0.4, 0.5) is 5.82 Å². The van der Waals surface area contributed by atoms with Crippen LogP contribution >= 0.6 is 0 Å². The number of anilines is 1. The fourth-order valence-electron chi connectivity index (χ4n) is 1.91. The van der Waals surface area contributed by atoms with Gasteiger partial charge >= 0.3 is 0 Å². The number of hydrogen-bond donors (Lipinski definition) is 1. The lowest BCUT2D eigenvalue weighted by Crippen LogP contribution is -2.02. The second-order valence-corrected chi connectivity index (χ2v) is 4.53. The maximum atomic E-state index is 9.06. The first-order valence-electron chi connectivity index (χ1n) is 6.38. The predicted octanol–water partition coefficient (Wildman–Crippen LogP) is 3.67. The van der Waals surface area contributed by atoms with Gasteiger partial charge < -0.3 is 5.32 Å². The minimum atomic E-state index is 0.578. The molecule has 0 radical (unpaired) electrons. The van der Waals surface area contributed by atoms with Gasteiger partial charge in [0.1, 0.15) is 11.9 Å². The molecule has 0 spiro atoms. The van der Waals surface area contributed by atoms with Gasteiger partial charge in [-0.1, -0.05) is 12.1 Å². The van der Waals surface area contributed by atoms with Gasteiger partial charge in [0, 0.05) is 12.1 Å². The lowest BCUT2D eigenvalue weighted by molar-refractivity contribution is 1.15. The van der Waals surface area contributed by atoms with Crippen LogP contribution in [0.5, 0.6) is 0 Å². The van der Waals surface area contributed by atoms with Crippen LogP contribution in [-0.2, 0) is 0 Å². The Morgan fingerprint density at radius 2 is 1.95 bits per heavy atom. The molecule has 96 valence electrons. The van der Waals surface area contributed by atoms with Crippen LogP contribution in [0, 0.1) is 25.2 Å². The summed E-state index contributed by atoms with van der Waals surface area (Å²) >= 11 is 0. The van der Waals surface area contributed by atoms with Crippen LogP contribution in [0.3, 0.4) is 0 Å². The quantitative estimate of drug-likeness (QED) is 0.905. The van der Waals surface area contributed by atoms with E-state index in [0.29, 0.717) is 11.4 Å². The number of rotatable bonds is 3. The summed E-state index contributed by atoms with van der Waals surface area (Å²) in [6, 6.07) is 12.1. The van der Waals surface area contributed by atoms with Gasteiger partial charge in [0.15, 0.2) is 0 Å². The Morgan fingerprint density at radius 1 is 1.16 bits per heavy atom. The van der Waals surface area contributed by atoms with E-state index in [-0.39, 0.29) is 0 Å². The minimum Gasteiger partial charge on any atom is -0.369 e. The van der Waals surface area contributed by atoms with Crippen molar-refractivity contribution < 1.29 is 0 Å². The lowest BCUT2D eigenvalue weighted by Gasteiger charge is -2.09. The van der Waals surface area contributed by atoms with Crippen molar-refractivity contribution in [1.29, 1.82) is 5.26 Å². The summed E-state index contributed by atoms with van der Waals surface area (Å²) in [5, 5.41) is 12.2. The predicted molar refractivity (Wildman–Crippen MR) is 78.0 cm³/mol. The Bertz CT molecular complexity index is 639. The van der Waals surface area contributed by atoms with Crippen molar-refractivity contribution in [3.05, 3.63) is 47.0 Å². The van der Waals surface area contributed by atoms with Gasteiger partial charge in [-0.25, -0.2) is 4.98 Å². The molecule has 0 saturated heterocycles. The molecule has 0 atom stereocenters. The zero-order valence-electron chi connectivity index (χ0n) is 11.5. The molecule has 0 amide bonds. The van der Waals surface area contributed by atoms with Gasteiger partial charge in [-0.05, 0) is 50.1 Å². The van der Waals surface area contributed by atoms with E-state index in [1.165, 1.54) is 11.1 Å². The number of nitrogens with one attached hydrogen (secondary N) is 1. The van der Waals surface area contributed by atoms with Gasteiger partial charge in [0.2, 0.25) is 0 Å². The largest absolute Gasteiger partial charge is 0.369 e. The van der Waals surface area contributed by atoms with Gasteiger partial charge in [-0.15, -0.1) is 0 Å². The van der Waals surface area contributed by atoms with Crippen LogP contribution in [0.15, 0.2) is 30.3 Å². The molecule has 0 fully saturated rings. The normalized spacial score (nSPS) is 10.0. The van der Waals surface area contributed by atoms with E-state index >= 15 is 0 Å². The Morgan fingerprint density at radius 3 is 2.58 bits per heavy atom. The van der Waals surface area contributed by atoms with E-state index in [0.717, 1.165) is 17.8 Å². The van der Waals surface area contributed by atoms with Crippen LogP contribution in [0.2, 0.25) is 0 Å². The maximum Gasteiger partial charge on any atom is 0.144 e. The summed E-state index contributed by atoms with van der Waals surface area (Å²) in [6.45, 7) is 6.92. The first kappa shape index (κ1) is 13.1. The molecule has 0 aliphatic carbocycles. The minimum absolute atomic E-state index is 0.578. The monoisotopic (exact) mass is 251 g/mol.